The predicted molar refractivity (Wildman–Crippen MR) is 51.3 cm³/mol. The first kappa shape index (κ1) is 10.9. The highest BCUT2D eigenvalue weighted by atomic mass is 16.3. The van der Waals surface area contributed by atoms with Crippen LogP contribution in [0.3, 0.4) is 0 Å². The van der Waals surface area contributed by atoms with Gasteiger partial charge in [0.15, 0.2) is 0 Å². The molecule has 0 aromatic rings. The molecule has 0 spiro atoms. The van der Waals surface area contributed by atoms with E-state index >= 15 is 0 Å². The lowest BCUT2D eigenvalue weighted by atomic mass is 10.0. The molecule has 1 heterocycles. The third-order valence-electron chi connectivity index (χ3n) is 2.16. The molecule has 0 radical (unpaired) electrons. The minimum Gasteiger partial charge on any atom is -0.394 e. The molecule has 2 amide bonds. The summed E-state index contributed by atoms with van der Waals surface area (Å²) in [6.45, 7) is 3.81. The molecule has 1 unspecified atom stereocenters. The summed E-state index contributed by atoms with van der Waals surface area (Å²) >= 11 is 0. The Bertz CT molecular complexity index is 253. The molecule has 1 N–H and O–H groups in total. The Kier molecular flexibility index (Phi) is 3.41. The van der Waals surface area contributed by atoms with Crippen LogP contribution in [-0.4, -0.2) is 34.5 Å². The van der Waals surface area contributed by atoms with Gasteiger partial charge in [-0.3, -0.25) is 14.5 Å². The lowest BCUT2D eigenvalue weighted by Gasteiger charge is -2.25. The van der Waals surface area contributed by atoms with Gasteiger partial charge < -0.3 is 5.11 Å². The number of hydrogen-bond acceptors (Lipinski definition) is 3. The van der Waals surface area contributed by atoms with Crippen LogP contribution in [0.15, 0.2) is 12.2 Å². The zero-order valence-corrected chi connectivity index (χ0v) is 8.43. The molecule has 4 heteroatoms. The zero-order chi connectivity index (χ0) is 10.7. The summed E-state index contributed by atoms with van der Waals surface area (Å²) in [5, 5.41) is 9.10. The van der Waals surface area contributed by atoms with Crippen LogP contribution in [0.5, 0.6) is 0 Å². The van der Waals surface area contributed by atoms with Gasteiger partial charge in [-0.15, -0.1) is 0 Å². The van der Waals surface area contributed by atoms with Crippen molar-refractivity contribution in [2.24, 2.45) is 5.92 Å². The second-order valence-electron chi connectivity index (χ2n) is 3.85. The van der Waals surface area contributed by atoms with E-state index in [-0.39, 0.29) is 24.5 Å². The molecule has 1 rings (SSSR count). The normalized spacial score (nSPS) is 18.4. The van der Waals surface area contributed by atoms with Gasteiger partial charge in [0.1, 0.15) is 0 Å². The summed E-state index contributed by atoms with van der Waals surface area (Å²) in [6, 6.07) is -0.384. The van der Waals surface area contributed by atoms with E-state index in [2.05, 4.69) is 0 Å². The molecule has 78 valence electrons. The molecule has 0 bridgehead atoms. The molecular formula is C10H15NO3. The second kappa shape index (κ2) is 4.37. The molecule has 0 saturated heterocycles. The highest BCUT2D eigenvalue weighted by Crippen LogP contribution is 2.15. The topological polar surface area (TPSA) is 57.6 Å². The standard InChI is InChI=1S/C10H15NO3/c1-7(2)5-8(6-12)11-9(13)3-4-10(11)14/h3-4,7-8,12H,5-6H2,1-2H3. The second-order valence-corrected chi connectivity index (χ2v) is 3.85. The van der Waals surface area contributed by atoms with Gasteiger partial charge in [-0.1, -0.05) is 13.8 Å². The quantitative estimate of drug-likeness (QED) is 0.660. The minimum absolute atomic E-state index is 0.169. The van der Waals surface area contributed by atoms with E-state index in [0.717, 1.165) is 4.90 Å². The van der Waals surface area contributed by atoms with Gasteiger partial charge in [-0.25, -0.2) is 0 Å². The molecule has 0 aromatic carbocycles. The Hall–Kier alpha value is -1.16. The average molecular weight is 197 g/mol. The SMILES string of the molecule is CC(C)CC(CO)N1C(=O)C=CC1=O. The number of imide groups is 1. The van der Waals surface area contributed by atoms with Gasteiger partial charge >= 0.3 is 0 Å². The first-order chi connectivity index (χ1) is 6.56. The first-order valence-corrected chi connectivity index (χ1v) is 4.72. The third-order valence-corrected chi connectivity index (χ3v) is 2.16. The Morgan fingerprint density at radius 3 is 2.14 bits per heavy atom. The fourth-order valence-corrected chi connectivity index (χ4v) is 1.58. The molecule has 0 saturated carbocycles. The Labute approximate surface area is 83.2 Å². The molecule has 0 aliphatic carbocycles. The summed E-state index contributed by atoms with van der Waals surface area (Å²) in [7, 11) is 0. The number of rotatable bonds is 4. The maximum Gasteiger partial charge on any atom is 0.253 e. The van der Waals surface area contributed by atoms with E-state index in [0.29, 0.717) is 12.3 Å². The average Bonchev–Trinajstić information content (AvgIpc) is 2.43. The van der Waals surface area contributed by atoms with Crippen LogP contribution in [0, 0.1) is 5.92 Å². The molecule has 0 fully saturated rings. The van der Waals surface area contributed by atoms with Crippen LogP contribution in [0.1, 0.15) is 20.3 Å². The minimum atomic E-state index is -0.384. The van der Waals surface area contributed by atoms with Gasteiger partial charge in [-0.2, -0.15) is 0 Å². The predicted octanol–water partition coefficient (Wildman–Crippen LogP) is 0.318. The van der Waals surface area contributed by atoms with Crippen LogP contribution in [0.25, 0.3) is 0 Å². The number of amides is 2. The van der Waals surface area contributed by atoms with Crippen molar-refractivity contribution in [3.63, 3.8) is 0 Å². The largest absolute Gasteiger partial charge is 0.394 e. The summed E-state index contributed by atoms with van der Waals surface area (Å²) in [5.74, 6) is -0.308. The number of hydrogen-bond donors (Lipinski definition) is 1. The van der Waals surface area contributed by atoms with E-state index in [1.807, 2.05) is 13.8 Å². The number of carbonyl (C=O) groups is 2. The fourth-order valence-electron chi connectivity index (χ4n) is 1.58. The highest BCUT2D eigenvalue weighted by molar-refractivity contribution is 6.13. The number of aliphatic hydroxyl groups is 1. The van der Waals surface area contributed by atoms with Crippen LogP contribution in [0.2, 0.25) is 0 Å². The van der Waals surface area contributed by atoms with Gasteiger partial charge in [0, 0.05) is 12.2 Å². The highest BCUT2D eigenvalue weighted by Gasteiger charge is 2.30. The van der Waals surface area contributed by atoms with Crippen LogP contribution < -0.4 is 0 Å². The number of carbonyl (C=O) groups excluding carboxylic acids is 2. The monoisotopic (exact) mass is 197 g/mol. The van der Waals surface area contributed by atoms with Crippen molar-refractivity contribution in [1.82, 2.24) is 4.90 Å². The van der Waals surface area contributed by atoms with E-state index in [1.54, 1.807) is 0 Å². The van der Waals surface area contributed by atoms with Crippen molar-refractivity contribution in [2.75, 3.05) is 6.61 Å². The maximum atomic E-state index is 11.3. The van der Waals surface area contributed by atoms with E-state index in [9.17, 15) is 9.59 Å². The van der Waals surface area contributed by atoms with Gasteiger partial charge in [-0.05, 0) is 12.3 Å². The van der Waals surface area contributed by atoms with Crippen LogP contribution in [-0.2, 0) is 9.59 Å². The Balaban J connectivity index is 2.69. The van der Waals surface area contributed by atoms with E-state index in [1.165, 1.54) is 12.2 Å². The molecule has 0 aromatic heterocycles. The maximum absolute atomic E-state index is 11.3. The van der Waals surface area contributed by atoms with Crippen molar-refractivity contribution < 1.29 is 14.7 Å². The molecular weight excluding hydrogens is 182 g/mol. The smallest absolute Gasteiger partial charge is 0.253 e. The molecule has 1 aliphatic heterocycles. The molecule has 14 heavy (non-hydrogen) atoms. The number of aliphatic hydroxyl groups excluding tert-OH is 1. The van der Waals surface area contributed by atoms with Gasteiger partial charge in [0.05, 0.1) is 12.6 Å². The summed E-state index contributed by atoms with van der Waals surface area (Å²) in [4.78, 5) is 23.7. The zero-order valence-electron chi connectivity index (χ0n) is 8.43. The summed E-state index contributed by atoms with van der Waals surface area (Å²) < 4.78 is 0. The molecule has 4 nitrogen and oxygen atoms in total. The lowest BCUT2D eigenvalue weighted by Crippen LogP contribution is -2.42. The van der Waals surface area contributed by atoms with Crippen molar-refractivity contribution in [3.8, 4) is 0 Å². The fraction of sp³-hybridized carbons (Fsp3) is 0.600. The van der Waals surface area contributed by atoms with Crippen molar-refractivity contribution in [3.05, 3.63) is 12.2 Å². The van der Waals surface area contributed by atoms with Gasteiger partial charge in [0.2, 0.25) is 0 Å². The summed E-state index contributed by atoms with van der Waals surface area (Å²) in [6.07, 6.45) is 3.12. The van der Waals surface area contributed by atoms with Crippen LogP contribution in [0.4, 0.5) is 0 Å². The van der Waals surface area contributed by atoms with E-state index < -0.39 is 0 Å². The van der Waals surface area contributed by atoms with Crippen molar-refractivity contribution >= 4 is 11.8 Å². The molecule has 1 aliphatic rings. The van der Waals surface area contributed by atoms with Gasteiger partial charge in [0.25, 0.3) is 11.8 Å². The van der Waals surface area contributed by atoms with Crippen molar-refractivity contribution in [2.45, 2.75) is 26.3 Å². The third kappa shape index (κ3) is 2.20. The number of nitrogens with zero attached hydrogens (tertiary/aromatic N) is 1. The van der Waals surface area contributed by atoms with Crippen LogP contribution >= 0.6 is 0 Å². The summed E-state index contributed by atoms with van der Waals surface area (Å²) in [5.41, 5.74) is 0. The first-order valence-electron chi connectivity index (χ1n) is 4.72. The lowest BCUT2D eigenvalue weighted by molar-refractivity contribution is -0.140. The van der Waals surface area contributed by atoms with E-state index in [4.69, 9.17) is 5.11 Å². The van der Waals surface area contributed by atoms with Crippen molar-refractivity contribution in [1.29, 1.82) is 0 Å². The Morgan fingerprint density at radius 1 is 1.29 bits per heavy atom. The Morgan fingerprint density at radius 2 is 1.79 bits per heavy atom. The molecule has 1 atom stereocenters.